The Kier molecular flexibility index (Phi) is 5.81. The van der Waals surface area contributed by atoms with Gasteiger partial charge in [-0.25, -0.2) is 4.39 Å². The number of imide groups is 1. The Morgan fingerprint density at radius 3 is 2.58 bits per heavy atom. The molecule has 2 amide bonds. The van der Waals surface area contributed by atoms with Crippen LogP contribution in [0.15, 0.2) is 34.9 Å². The fraction of sp³-hybridized carbons (Fsp3) is 0.348. The molecule has 2 aliphatic rings. The van der Waals surface area contributed by atoms with Crippen LogP contribution < -0.4 is 5.32 Å². The van der Waals surface area contributed by atoms with E-state index in [1.807, 2.05) is 0 Å². The van der Waals surface area contributed by atoms with Gasteiger partial charge in [0.15, 0.2) is 5.58 Å². The number of carbonyl (C=O) groups excluding carboxylic acids is 2. The Bertz CT molecular complexity index is 1170. The molecule has 0 radical (unpaired) electrons. The average Bonchev–Trinajstić information content (AvgIpc) is 3.31. The van der Waals surface area contributed by atoms with E-state index in [-0.39, 0.29) is 23.8 Å². The van der Waals surface area contributed by atoms with Crippen LogP contribution in [0.25, 0.3) is 22.2 Å². The van der Waals surface area contributed by atoms with Gasteiger partial charge in [-0.3, -0.25) is 19.8 Å². The predicted molar refractivity (Wildman–Crippen MR) is 117 cm³/mol. The molecule has 0 bridgehead atoms. The minimum absolute atomic E-state index is 0. The summed E-state index contributed by atoms with van der Waals surface area (Å²) in [5.41, 5.74) is 2.83. The van der Waals surface area contributed by atoms with Crippen LogP contribution in [0.5, 0.6) is 0 Å². The predicted octanol–water partition coefficient (Wildman–Crippen LogP) is 4.88. The summed E-state index contributed by atoms with van der Waals surface area (Å²) in [5, 5.41) is 6.87. The van der Waals surface area contributed by atoms with Crippen molar-refractivity contribution in [3.8, 4) is 11.3 Å². The second-order valence-corrected chi connectivity index (χ2v) is 7.90. The zero-order chi connectivity index (χ0) is 20.8. The number of rotatable bonds is 4. The second-order valence-electron chi connectivity index (χ2n) is 7.90. The highest BCUT2D eigenvalue weighted by Gasteiger charge is 2.36. The lowest BCUT2D eigenvalue weighted by Gasteiger charge is -2.36. The van der Waals surface area contributed by atoms with Crippen molar-refractivity contribution in [1.82, 2.24) is 15.4 Å². The van der Waals surface area contributed by atoms with Crippen LogP contribution in [0.2, 0.25) is 0 Å². The van der Waals surface area contributed by atoms with Crippen LogP contribution >= 0.6 is 12.4 Å². The van der Waals surface area contributed by atoms with Gasteiger partial charge in [-0.2, -0.15) is 0 Å². The van der Waals surface area contributed by atoms with E-state index in [2.05, 4.69) is 22.3 Å². The molecule has 0 spiro atoms. The average molecular weight is 444 g/mol. The Labute approximate surface area is 185 Å². The lowest BCUT2D eigenvalue weighted by atomic mass is 9.87. The highest BCUT2D eigenvalue weighted by Crippen LogP contribution is 2.41. The number of amides is 2. The van der Waals surface area contributed by atoms with Gasteiger partial charge in [0, 0.05) is 11.6 Å². The van der Waals surface area contributed by atoms with Crippen molar-refractivity contribution >= 4 is 35.2 Å². The van der Waals surface area contributed by atoms with Crippen molar-refractivity contribution in [2.45, 2.75) is 38.6 Å². The third-order valence-corrected chi connectivity index (χ3v) is 6.20. The lowest BCUT2D eigenvalue weighted by molar-refractivity contribution is 0.0878. The molecule has 1 N–H and O–H groups in total. The summed E-state index contributed by atoms with van der Waals surface area (Å²) in [6.07, 6.45) is 4.12. The number of hydrogen-bond acceptors (Lipinski definition) is 5. The fourth-order valence-corrected chi connectivity index (χ4v) is 4.85. The molecule has 1 fully saturated rings. The molecular formula is C23H23ClFN3O3. The topological polar surface area (TPSA) is 75.4 Å². The number of aromatic nitrogens is 1. The molecule has 162 valence electrons. The van der Waals surface area contributed by atoms with E-state index in [0.29, 0.717) is 28.0 Å². The third-order valence-electron chi connectivity index (χ3n) is 6.20. The SMILES string of the molecule is CCC(c1c(-c2noc3cccc(F)c23)ccc2c1C(=O)NC2=O)N1CCCCC1.Cl. The molecule has 0 aliphatic carbocycles. The maximum atomic E-state index is 14.7. The lowest BCUT2D eigenvalue weighted by Crippen LogP contribution is -2.34. The molecule has 2 aromatic carbocycles. The van der Waals surface area contributed by atoms with Crippen molar-refractivity contribution in [3.63, 3.8) is 0 Å². The zero-order valence-corrected chi connectivity index (χ0v) is 17.9. The molecule has 2 aliphatic heterocycles. The maximum absolute atomic E-state index is 14.7. The van der Waals surface area contributed by atoms with Crippen molar-refractivity contribution in [2.24, 2.45) is 0 Å². The highest BCUT2D eigenvalue weighted by atomic mass is 35.5. The van der Waals surface area contributed by atoms with Gasteiger partial charge in [0.05, 0.1) is 16.5 Å². The zero-order valence-electron chi connectivity index (χ0n) is 17.1. The van der Waals surface area contributed by atoms with Crippen LogP contribution in [-0.2, 0) is 0 Å². The number of nitrogens with zero attached hydrogens (tertiary/aromatic N) is 2. The number of hydrogen-bond donors (Lipinski definition) is 1. The number of fused-ring (bicyclic) bond motifs is 2. The van der Waals surface area contributed by atoms with Gasteiger partial charge in [0.2, 0.25) is 0 Å². The van der Waals surface area contributed by atoms with E-state index >= 15 is 0 Å². The van der Waals surface area contributed by atoms with Gasteiger partial charge in [0.1, 0.15) is 11.5 Å². The fourth-order valence-electron chi connectivity index (χ4n) is 4.85. The second kappa shape index (κ2) is 8.40. The molecule has 0 saturated carbocycles. The largest absolute Gasteiger partial charge is 0.356 e. The first-order chi connectivity index (χ1) is 14.6. The first-order valence-electron chi connectivity index (χ1n) is 10.4. The Hall–Kier alpha value is -2.77. The minimum atomic E-state index is -0.429. The van der Waals surface area contributed by atoms with Gasteiger partial charge in [-0.15, -0.1) is 12.4 Å². The number of carbonyl (C=O) groups is 2. The Balaban J connectivity index is 0.00000231. The van der Waals surface area contributed by atoms with E-state index in [0.717, 1.165) is 37.9 Å². The van der Waals surface area contributed by atoms with Gasteiger partial charge < -0.3 is 4.52 Å². The summed E-state index contributed by atoms with van der Waals surface area (Å²) in [7, 11) is 0. The molecule has 1 aromatic heterocycles. The van der Waals surface area contributed by atoms with E-state index < -0.39 is 17.6 Å². The summed E-state index contributed by atoms with van der Waals surface area (Å²) in [5.74, 6) is -1.23. The molecule has 31 heavy (non-hydrogen) atoms. The standard InChI is InChI=1S/C23H22FN3O3.ClH/c1-2-16(27-11-4-3-5-12-27)18-13(9-10-14-19(18)23(29)25-22(14)28)21-20-15(24)7-6-8-17(20)30-26-21;/h6-10,16H,2-5,11-12H2,1H3,(H,25,28,29);1H. The summed E-state index contributed by atoms with van der Waals surface area (Å²) in [6, 6.07) is 7.92. The molecule has 1 unspecified atom stereocenters. The molecule has 6 nitrogen and oxygen atoms in total. The van der Waals surface area contributed by atoms with Gasteiger partial charge in [0.25, 0.3) is 11.8 Å². The van der Waals surface area contributed by atoms with E-state index in [4.69, 9.17) is 4.52 Å². The number of piperidine rings is 1. The van der Waals surface area contributed by atoms with Gasteiger partial charge in [-0.05, 0) is 56.1 Å². The van der Waals surface area contributed by atoms with Gasteiger partial charge >= 0.3 is 0 Å². The number of benzene rings is 2. The smallest absolute Gasteiger partial charge is 0.259 e. The molecule has 3 heterocycles. The first kappa shape index (κ1) is 21.5. The highest BCUT2D eigenvalue weighted by molar-refractivity contribution is 6.23. The summed E-state index contributed by atoms with van der Waals surface area (Å²) in [4.78, 5) is 27.5. The summed E-state index contributed by atoms with van der Waals surface area (Å²) in [6.45, 7) is 3.91. The van der Waals surface area contributed by atoms with Crippen LogP contribution in [0.4, 0.5) is 4.39 Å². The first-order valence-corrected chi connectivity index (χ1v) is 10.4. The number of halogens is 2. The number of nitrogens with one attached hydrogen (secondary N) is 1. The third kappa shape index (κ3) is 3.42. The molecule has 8 heteroatoms. The van der Waals surface area contributed by atoms with Crippen molar-refractivity contribution < 1.29 is 18.5 Å². The van der Waals surface area contributed by atoms with Gasteiger partial charge in [-0.1, -0.05) is 30.6 Å². The Morgan fingerprint density at radius 1 is 1.10 bits per heavy atom. The van der Waals surface area contributed by atoms with Crippen LogP contribution in [0.1, 0.15) is 64.9 Å². The number of likely N-dealkylation sites (tertiary alicyclic amines) is 1. The quantitative estimate of drug-likeness (QED) is 0.582. The monoisotopic (exact) mass is 443 g/mol. The molecule has 1 saturated heterocycles. The van der Waals surface area contributed by atoms with Crippen LogP contribution in [0, 0.1) is 5.82 Å². The van der Waals surface area contributed by atoms with Crippen molar-refractivity contribution in [3.05, 3.63) is 52.8 Å². The minimum Gasteiger partial charge on any atom is -0.356 e. The Morgan fingerprint density at radius 2 is 1.84 bits per heavy atom. The van der Waals surface area contributed by atoms with Crippen molar-refractivity contribution in [2.75, 3.05) is 13.1 Å². The van der Waals surface area contributed by atoms with E-state index in [1.165, 1.54) is 12.5 Å². The van der Waals surface area contributed by atoms with Crippen LogP contribution in [-0.4, -0.2) is 35.0 Å². The molecule has 3 aromatic rings. The normalized spacial score (nSPS) is 17.4. The van der Waals surface area contributed by atoms with E-state index in [1.54, 1.807) is 24.3 Å². The van der Waals surface area contributed by atoms with E-state index in [9.17, 15) is 14.0 Å². The van der Waals surface area contributed by atoms with Crippen molar-refractivity contribution in [1.29, 1.82) is 0 Å². The summed E-state index contributed by atoms with van der Waals surface area (Å²) < 4.78 is 20.1. The summed E-state index contributed by atoms with van der Waals surface area (Å²) >= 11 is 0. The molecule has 1 atom stereocenters. The molecular weight excluding hydrogens is 421 g/mol. The maximum Gasteiger partial charge on any atom is 0.259 e. The molecule has 5 rings (SSSR count). The van der Waals surface area contributed by atoms with Crippen LogP contribution in [0.3, 0.4) is 0 Å².